The van der Waals surface area contributed by atoms with Gasteiger partial charge in [-0.25, -0.2) is 0 Å². The highest BCUT2D eigenvalue weighted by molar-refractivity contribution is 6.31. The molecule has 1 aliphatic heterocycles. The third kappa shape index (κ3) is 3.86. The Morgan fingerprint density at radius 1 is 1.38 bits per heavy atom. The monoisotopic (exact) mass is 371 g/mol. The number of fused-ring (bicyclic) bond motifs is 1. The van der Waals surface area contributed by atoms with E-state index in [2.05, 4.69) is 10.3 Å². The SMILES string of the molecule is Cl.NCC1(C(=O)NCCc2c[nH]c3ccc(Cl)cc23)CCOCC1. The molecule has 5 nitrogen and oxygen atoms in total. The van der Waals surface area contributed by atoms with Crippen LogP contribution < -0.4 is 11.1 Å². The van der Waals surface area contributed by atoms with Gasteiger partial charge in [-0.05, 0) is 43.0 Å². The lowest BCUT2D eigenvalue weighted by molar-refractivity contribution is -0.135. The third-order valence-corrected chi connectivity index (χ3v) is 4.97. The quantitative estimate of drug-likeness (QED) is 0.755. The summed E-state index contributed by atoms with van der Waals surface area (Å²) in [5.41, 5.74) is 7.59. The maximum absolute atomic E-state index is 12.5. The number of ether oxygens (including phenoxy) is 1. The van der Waals surface area contributed by atoms with E-state index in [0.717, 1.165) is 22.9 Å². The molecule has 1 saturated heterocycles. The summed E-state index contributed by atoms with van der Waals surface area (Å²) < 4.78 is 5.35. The van der Waals surface area contributed by atoms with Crippen molar-refractivity contribution in [1.82, 2.24) is 10.3 Å². The number of hydrogen-bond acceptors (Lipinski definition) is 3. The van der Waals surface area contributed by atoms with Crippen molar-refractivity contribution in [2.24, 2.45) is 11.1 Å². The van der Waals surface area contributed by atoms with Crippen molar-refractivity contribution in [1.29, 1.82) is 0 Å². The first kappa shape index (κ1) is 19.1. The van der Waals surface area contributed by atoms with Crippen molar-refractivity contribution in [2.75, 3.05) is 26.3 Å². The second kappa shape index (κ2) is 8.21. The number of hydrogen-bond donors (Lipinski definition) is 3. The van der Waals surface area contributed by atoms with Gasteiger partial charge in [0, 0.05) is 48.4 Å². The zero-order chi connectivity index (χ0) is 16.3. The first-order valence-electron chi connectivity index (χ1n) is 7.96. The van der Waals surface area contributed by atoms with Crippen molar-refractivity contribution in [2.45, 2.75) is 19.3 Å². The summed E-state index contributed by atoms with van der Waals surface area (Å²) in [7, 11) is 0. The fourth-order valence-electron chi connectivity index (χ4n) is 3.14. The fraction of sp³-hybridized carbons (Fsp3) is 0.471. The van der Waals surface area contributed by atoms with Gasteiger partial charge in [-0.2, -0.15) is 0 Å². The second-order valence-electron chi connectivity index (χ2n) is 6.11. The molecule has 24 heavy (non-hydrogen) atoms. The van der Waals surface area contributed by atoms with Crippen LogP contribution in [0.5, 0.6) is 0 Å². The van der Waals surface area contributed by atoms with Crippen molar-refractivity contribution in [3.63, 3.8) is 0 Å². The van der Waals surface area contributed by atoms with E-state index in [1.807, 2.05) is 24.4 Å². The van der Waals surface area contributed by atoms with Crippen LogP contribution in [0.3, 0.4) is 0 Å². The highest BCUT2D eigenvalue weighted by Gasteiger charge is 2.38. The van der Waals surface area contributed by atoms with Crippen LogP contribution >= 0.6 is 24.0 Å². The van der Waals surface area contributed by atoms with Crippen molar-refractivity contribution in [3.05, 3.63) is 35.0 Å². The van der Waals surface area contributed by atoms with Gasteiger partial charge in [-0.1, -0.05) is 11.6 Å². The van der Waals surface area contributed by atoms with Crippen LogP contribution in [0.4, 0.5) is 0 Å². The minimum atomic E-state index is -0.470. The Morgan fingerprint density at radius 2 is 2.12 bits per heavy atom. The van der Waals surface area contributed by atoms with Crippen LogP contribution in [-0.2, 0) is 16.0 Å². The first-order valence-corrected chi connectivity index (χ1v) is 8.34. The molecular weight excluding hydrogens is 349 g/mol. The van der Waals surface area contributed by atoms with E-state index >= 15 is 0 Å². The molecule has 1 aromatic carbocycles. The highest BCUT2D eigenvalue weighted by atomic mass is 35.5. The standard InChI is InChI=1S/C17H22ClN3O2.ClH/c18-13-1-2-15-14(9-13)12(10-21-15)3-6-20-16(22)17(11-19)4-7-23-8-5-17;/h1-2,9-10,21H,3-8,11,19H2,(H,20,22);1H. The first-order chi connectivity index (χ1) is 11.1. The molecule has 4 N–H and O–H groups in total. The topological polar surface area (TPSA) is 80.1 Å². The van der Waals surface area contributed by atoms with Crippen LogP contribution in [0.25, 0.3) is 10.9 Å². The van der Waals surface area contributed by atoms with Gasteiger partial charge in [0.1, 0.15) is 0 Å². The molecule has 2 aromatic rings. The predicted molar refractivity (Wildman–Crippen MR) is 98.8 cm³/mol. The van der Waals surface area contributed by atoms with E-state index < -0.39 is 5.41 Å². The van der Waals surface area contributed by atoms with E-state index in [4.69, 9.17) is 22.1 Å². The summed E-state index contributed by atoms with van der Waals surface area (Å²) >= 11 is 6.06. The van der Waals surface area contributed by atoms with Crippen LogP contribution in [0.2, 0.25) is 5.02 Å². The number of carbonyl (C=O) groups is 1. The largest absolute Gasteiger partial charge is 0.381 e. The van der Waals surface area contributed by atoms with E-state index in [0.29, 0.717) is 44.2 Å². The Morgan fingerprint density at radius 3 is 2.83 bits per heavy atom. The van der Waals surface area contributed by atoms with Crippen LogP contribution in [-0.4, -0.2) is 37.2 Å². The van der Waals surface area contributed by atoms with E-state index in [-0.39, 0.29) is 18.3 Å². The molecule has 0 radical (unpaired) electrons. The number of rotatable bonds is 5. The summed E-state index contributed by atoms with van der Waals surface area (Å²) in [6.45, 7) is 2.16. The average Bonchev–Trinajstić information content (AvgIpc) is 2.97. The lowest BCUT2D eigenvalue weighted by Gasteiger charge is -2.34. The predicted octanol–water partition coefficient (Wildman–Crippen LogP) is 2.66. The Hall–Kier alpha value is -1.27. The number of carbonyl (C=O) groups excluding carboxylic acids is 1. The normalized spacial score (nSPS) is 16.6. The van der Waals surface area contributed by atoms with Gasteiger partial charge in [0.25, 0.3) is 0 Å². The number of H-pyrrole nitrogens is 1. The van der Waals surface area contributed by atoms with E-state index in [1.165, 1.54) is 0 Å². The molecule has 0 unspecified atom stereocenters. The minimum Gasteiger partial charge on any atom is -0.381 e. The number of nitrogens with one attached hydrogen (secondary N) is 2. The maximum atomic E-state index is 12.5. The van der Waals surface area contributed by atoms with Gasteiger partial charge in [0.05, 0.1) is 5.41 Å². The molecule has 7 heteroatoms. The molecule has 1 aromatic heterocycles. The number of aromatic amines is 1. The number of halogens is 2. The molecule has 0 bridgehead atoms. The van der Waals surface area contributed by atoms with Gasteiger partial charge in [0.2, 0.25) is 5.91 Å². The second-order valence-corrected chi connectivity index (χ2v) is 6.54. The van der Waals surface area contributed by atoms with Crippen LogP contribution in [0.1, 0.15) is 18.4 Å². The van der Waals surface area contributed by atoms with E-state index in [1.54, 1.807) is 0 Å². The highest BCUT2D eigenvalue weighted by Crippen LogP contribution is 2.29. The molecule has 2 heterocycles. The molecule has 0 saturated carbocycles. The lowest BCUT2D eigenvalue weighted by atomic mass is 9.79. The third-order valence-electron chi connectivity index (χ3n) is 4.73. The Balaban J connectivity index is 0.00000208. The number of aromatic nitrogens is 1. The number of benzene rings is 1. The van der Waals surface area contributed by atoms with Crippen molar-refractivity contribution < 1.29 is 9.53 Å². The fourth-order valence-corrected chi connectivity index (χ4v) is 3.31. The zero-order valence-corrected chi connectivity index (χ0v) is 15.0. The number of amides is 1. The van der Waals surface area contributed by atoms with Gasteiger partial charge in [-0.3, -0.25) is 4.79 Å². The van der Waals surface area contributed by atoms with Crippen LogP contribution in [0, 0.1) is 5.41 Å². The molecule has 0 atom stereocenters. The van der Waals surface area contributed by atoms with Gasteiger partial charge >= 0.3 is 0 Å². The van der Waals surface area contributed by atoms with Gasteiger partial charge < -0.3 is 20.8 Å². The Labute approximate surface area is 152 Å². The summed E-state index contributed by atoms with van der Waals surface area (Å²) in [5, 5.41) is 4.86. The summed E-state index contributed by atoms with van der Waals surface area (Å²) in [6, 6.07) is 5.78. The average molecular weight is 372 g/mol. The maximum Gasteiger partial charge on any atom is 0.227 e. The van der Waals surface area contributed by atoms with Crippen molar-refractivity contribution in [3.8, 4) is 0 Å². The van der Waals surface area contributed by atoms with Crippen molar-refractivity contribution >= 4 is 40.8 Å². The Bertz CT molecular complexity index is 696. The summed E-state index contributed by atoms with van der Waals surface area (Å²) in [5.74, 6) is 0.0428. The van der Waals surface area contributed by atoms with Gasteiger partial charge in [-0.15, -0.1) is 12.4 Å². The van der Waals surface area contributed by atoms with Gasteiger partial charge in [0.15, 0.2) is 0 Å². The minimum absolute atomic E-state index is 0. The molecule has 1 amide bonds. The lowest BCUT2D eigenvalue weighted by Crippen LogP contribution is -2.49. The molecule has 1 fully saturated rings. The Kier molecular flexibility index (Phi) is 6.52. The number of nitrogens with two attached hydrogens (primary N) is 1. The van der Waals surface area contributed by atoms with Crippen LogP contribution in [0.15, 0.2) is 24.4 Å². The molecule has 0 aliphatic carbocycles. The summed E-state index contributed by atoms with van der Waals surface area (Å²) in [4.78, 5) is 15.7. The van der Waals surface area contributed by atoms with E-state index in [9.17, 15) is 4.79 Å². The summed E-state index contributed by atoms with van der Waals surface area (Å²) in [6.07, 6.45) is 4.11. The molecule has 1 aliphatic rings. The molecular formula is C17H23Cl2N3O2. The smallest absolute Gasteiger partial charge is 0.227 e. The zero-order valence-electron chi connectivity index (χ0n) is 13.4. The molecule has 132 valence electrons. The molecule has 3 rings (SSSR count). The molecule has 0 spiro atoms.